The number of carbonyl (C=O) groups excluding carboxylic acids is 1. The van der Waals surface area contributed by atoms with Gasteiger partial charge in [-0.15, -0.1) is 0 Å². The minimum atomic E-state index is -0.411. The molecule has 2 fully saturated rings. The van der Waals surface area contributed by atoms with Gasteiger partial charge in [0.05, 0.1) is 11.6 Å². The first-order valence-electron chi connectivity index (χ1n) is 10.9. The number of carbonyl (C=O) groups is 1. The van der Waals surface area contributed by atoms with Gasteiger partial charge in [-0.2, -0.15) is 5.26 Å². The lowest BCUT2D eigenvalue weighted by atomic mass is 9.94. The van der Waals surface area contributed by atoms with Gasteiger partial charge in [-0.25, -0.2) is 4.39 Å². The van der Waals surface area contributed by atoms with Crippen molar-refractivity contribution in [3.05, 3.63) is 59.0 Å². The Morgan fingerprint density at radius 2 is 1.87 bits per heavy atom. The molecule has 6 heteroatoms. The van der Waals surface area contributed by atoms with Gasteiger partial charge < -0.3 is 15.5 Å². The summed E-state index contributed by atoms with van der Waals surface area (Å²) >= 11 is 0. The maximum absolute atomic E-state index is 14.1. The molecule has 5 nitrogen and oxygen atoms in total. The third-order valence-electron chi connectivity index (χ3n) is 6.40. The van der Waals surface area contributed by atoms with Crippen molar-refractivity contribution >= 4 is 17.7 Å². The number of likely N-dealkylation sites (tertiary alicyclic amines) is 1. The van der Waals surface area contributed by atoms with Gasteiger partial charge in [0.1, 0.15) is 5.82 Å². The number of anilines is 1. The van der Waals surface area contributed by atoms with Gasteiger partial charge in [0, 0.05) is 42.8 Å². The molecule has 0 unspecified atom stereocenters. The van der Waals surface area contributed by atoms with E-state index >= 15 is 0 Å². The first-order chi connectivity index (χ1) is 15.1. The Labute approximate surface area is 181 Å². The lowest BCUT2D eigenvalue weighted by Gasteiger charge is -2.34. The van der Waals surface area contributed by atoms with Gasteiger partial charge in [0.25, 0.3) is 0 Å². The smallest absolute Gasteiger partial charge is 0.225 e. The molecule has 158 valence electrons. The normalized spacial score (nSPS) is 18.1. The van der Waals surface area contributed by atoms with E-state index in [1.54, 1.807) is 6.07 Å². The Balaban J connectivity index is 1.40. The Kier molecular flexibility index (Phi) is 5.11. The molecule has 0 aromatic heterocycles. The summed E-state index contributed by atoms with van der Waals surface area (Å²) in [5.74, 6) is 0.188. The minimum absolute atomic E-state index is 0.274. The molecule has 0 atom stereocenters. The molecule has 2 aromatic carbocycles. The number of benzene rings is 2. The number of fused-ring (bicyclic) bond motifs is 1. The van der Waals surface area contributed by atoms with Crippen LogP contribution in [0.5, 0.6) is 0 Å². The highest BCUT2D eigenvalue weighted by Gasteiger charge is 2.35. The quantitative estimate of drug-likeness (QED) is 0.782. The molecule has 1 saturated heterocycles. The topological polar surface area (TPSA) is 68.2 Å². The molecule has 1 amide bonds. The number of halogens is 1. The van der Waals surface area contributed by atoms with E-state index in [2.05, 4.69) is 16.7 Å². The summed E-state index contributed by atoms with van der Waals surface area (Å²) in [6.07, 6.45) is 7.87. The maximum atomic E-state index is 14.1. The lowest BCUT2D eigenvalue weighted by Crippen LogP contribution is -2.43. The van der Waals surface area contributed by atoms with Crippen LogP contribution in [0.1, 0.15) is 42.4 Å². The van der Waals surface area contributed by atoms with E-state index in [4.69, 9.17) is 0 Å². The fraction of sp³-hybridized carbons (Fsp3) is 0.360. The van der Waals surface area contributed by atoms with E-state index in [0.717, 1.165) is 62.1 Å². The van der Waals surface area contributed by atoms with E-state index in [0.29, 0.717) is 17.0 Å². The first-order valence-corrected chi connectivity index (χ1v) is 10.9. The molecule has 2 aliphatic heterocycles. The van der Waals surface area contributed by atoms with Crippen molar-refractivity contribution in [1.82, 2.24) is 10.2 Å². The average Bonchev–Trinajstić information content (AvgIpc) is 3.64. The largest absolute Gasteiger partial charge is 0.387 e. The summed E-state index contributed by atoms with van der Waals surface area (Å²) in [4.78, 5) is 14.4. The Hall–Kier alpha value is -3.33. The van der Waals surface area contributed by atoms with E-state index in [1.807, 2.05) is 29.3 Å². The number of piperidine rings is 1. The number of nitrogens with zero attached hydrogens (tertiary/aromatic N) is 2. The van der Waals surface area contributed by atoms with Gasteiger partial charge in [0.15, 0.2) is 0 Å². The summed E-state index contributed by atoms with van der Waals surface area (Å²) in [6, 6.07) is 10.9. The zero-order valence-electron chi connectivity index (χ0n) is 17.3. The predicted molar refractivity (Wildman–Crippen MR) is 118 cm³/mol. The zero-order valence-corrected chi connectivity index (χ0v) is 17.3. The van der Waals surface area contributed by atoms with Crippen molar-refractivity contribution in [3.63, 3.8) is 0 Å². The van der Waals surface area contributed by atoms with Gasteiger partial charge >= 0.3 is 0 Å². The monoisotopic (exact) mass is 416 g/mol. The van der Waals surface area contributed by atoms with Crippen LogP contribution in [0.3, 0.4) is 0 Å². The summed E-state index contributed by atoms with van der Waals surface area (Å²) in [6.45, 7) is 2.31. The lowest BCUT2D eigenvalue weighted by molar-refractivity contribution is -0.133. The number of hydrogen-bond acceptors (Lipinski definition) is 4. The second kappa shape index (κ2) is 8.07. The fourth-order valence-corrected chi connectivity index (χ4v) is 4.52. The number of nitriles is 1. The van der Waals surface area contributed by atoms with Crippen LogP contribution in [0.15, 0.2) is 36.5 Å². The van der Waals surface area contributed by atoms with Crippen molar-refractivity contribution < 1.29 is 9.18 Å². The number of nitrogens with one attached hydrogen (secondary N) is 2. The molecule has 2 N–H and O–H groups in total. The van der Waals surface area contributed by atoms with Crippen molar-refractivity contribution in [2.45, 2.75) is 38.3 Å². The van der Waals surface area contributed by atoms with Crippen LogP contribution in [0, 0.1) is 23.1 Å². The molecule has 3 aliphatic rings. The highest BCUT2D eigenvalue weighted by molar-refractivity contribution is 5.81. The third kappa shape index (κ3) is 4.13. The minimum Gasteiger partial charge on any atom is -0.387 e. The van der Waals surface area contributed by atoms with Crippen molar-refractivity contribution in [3.8, 4) is 17.2 Å². The van der Waals surface area contributed by atoms with Gasteiger partial charge in [-0.1, -0.05) is 0 Å². The van der Waals surface area contributed by atoms with Crippen molar-refractivity contribution in [2.24, 2.45) is 5.92 Å². The van der Waals surface area contributed by atoms with Crippen LogP contribution in [0.4, 0.5) is 10.1 Å². The van der Waals surface area contributed by atoms with Gasteiger partial charge in [0.2, 0.25) is 5.91 Å². The molecule has 0 spiro atoms. The maximum Gasteiger partial charge on any atom is 0.225 e. The predicted octanol–water partition coefficient (Wildman–Crippen LogP) is 4.25. The van der Waals surface area contributed by atoms with Gasteiger partial charge in [-0.3, -0.25) is 4.79 Å². The SMILES string of the molecule is N#Cc1cc(F)cc(-c2cc3c(c(NC4CCN(C(=O)C5CC5)CC4)c2)CNC=C3)c1. The van der Waals surface area contributed by atoms with Crippen LogP contribution in [-0.4, -0.2) is 29.9 Å². The Morgan fingerprint density at radius 3 is 2.61 bits per heavy atom. The van der Waals surface area contributed by atoms with E-state index < -0.39 is 5.82 Å². The van der Waals surface area contributed by atoms with Crippen LogP contribution >= 0.6 is 0 Å². The molecule has 5 rings (SSSR count). The summed E-state index contributed by atoms with van der Waals surface area (Å²) in [7, 11) is 0. The molecule has 1 aliphatic carbocycles. The Bertz CT molecular complexity index is 1090. The fourth-order valence-electron chi connectivity index (χ4n) is 4.52. The highest BCUT2D eigenvalue weighted by atomic mass is 19.1. The van der Waals surface area contributed by atoms with Crippen LogP contribution < -0.4 is 10.6 Å². The second-order valence-corrected chi connectivity index (χ2v) is 8.66. The first kappa shape index (κ1) is 19.6. The summed E-state index contributed by atoms with van der Waals surface area (Å²) < 4.78 is 14.1. The second-order valence-electron chi connectivity index (χ2n) is 8.66. The number of amides is 1. The van der Waals surface area contributed by atoms with Crippen molar-refractivity contribution in [1.29, 1.82) is 5.26 Å². The average molecular weight is 417 g/mol. The van der Waals surface area contributed by atoms with E-state index in [1.165, 1.54) is 17.7 Å². The molecule has 31 heavy (non-hydrogen) atoms. The Morgan fingerprint density at radius 1 is 1.10 bits per heavy atom. The van der Waals surface area contributed by atoms with Crippen molar-refractivity contribution in [2.75, 3.05) is 18.4 Å². The summed E-state index contributed by atoms with van der Waals surface area (Å²) in [5.41, 5.74) is 5.18. The molecule has 0 bridgehead atoms. The molecular weight excluding hydrogens is 391 g/mol. The zero-order chi connectivity index (χ0) is 21.4. The highest BCUT2D eigenvalue weighted by Crippen LogP contribution is 2.34. The summed E-state index contributed by atoms with van der Waals surface area (Å²) in [5, 5.41) is 16.2. The third-order valence-corrected chi connectivity index (χ3v) is 6.40. The van der Waals surface area contributed by atoms with Gasteiger partial charge in [-0.05, 0) is 85.0 Å². The van der Waals surface area contributed by atoms with E-state index in [-0.39, 0.29) is 12.0 Å². The number of hydrogen-bond donors (Lipinski definition) is 2. The molecule has 2 aromatic rings. The standard InChI is InChI=1S/C25H25FN4O/c26-21-10-16(14-27)9-19(12-21)20-11-18-3-6-28-15-23(18)24(13-20)29-22-4-7-30(8-5-22)25(31)17-1-2-17/h3,6,9-13,17,22,28-29H,1-2,4-5,7-8,15H2. The van der Waals surface area contributed by atoms with Crippen LogP contribution in [0.25, 0.3) is 17.2 Å². The molecule has 0 radical (unpaired) electrons. The number of rotatable bonds is 4. The molecular formula is C25H25FN4O. The van der Waals surface area contributed by atoms with Crippen LogP contribution in [-0.2, 0) is 11.3 Å². The molecule has 2 heterocycles. The van der Waals surface area contributed by atoms with Crippen LogP contribution in [0.2, 0.25) is 0 Å². The molecule has 1 saturated carbocycles. The van der Waals surface area contributed by atoms with E-state index in [9.17, 15) is 14.4 Å².